The number of ether oxygens (including phenoxy) is 1. The van der Waals surface area contributed by atoms with Crippen molar-refractivity contribution in [1.29, 1.82) is 0 Å². The van der Waals surface area contributed by atoms with Crippen LogP contribution >= 0.6 is 0 Å². The van der Waals surface area contributed by atoms with Gasteiger partial charge in [-0.25, -0.2) is 0 Å². The summed E-state index contributed by atoms with van der Waals surface area (Å²) in [5.74, 6) is 1.40. The predicted molar refractivity (Wildman–Crippen MR) is 50.0 cm³/mol. The van der Waals surface area contributed by atoms with E-state index in [4.69, 9.17) is 10.5 Å². The molecule has 2 atom stereocenters. The quantitative estimate of drug-likeness (QED) is 0.717. The van der Waals surface area contributed by atoms with Gasteiger partial charge >= 0.3 is 0 Å². The summed E-state index contributed by atoms with van der Waals surface area (Å²) in [4.78, 5) is 0. The Balaban J connectivity index is 2.32. The van der Waals surface area contributed by atoms with Crippen molar-refractivity contribution in [2.75, 3.05) is 7.11 Å². The molecule has 0 saturated heterocycles. The normalized spacial score (nSPS) is 25.7. The van der Waals surface area contributed by atoms with Gasteiger partial charge in [0, 0.05) is 17.5 Å². The van der Waals surface area contributed by atoms with Crippen molar-refractivity contribution in [2.24, 2.45) is 5.73 Å². The Hall–Kier alpha value is -1.22. The molecule has 0 heterocycles. The van der Waals surface area contributed by atoms with Crippen LogP contribution < -0.4 is 10.5 Å². The summed E-state index contributed by atoms with van der Waals surface area (Å²) in [5, 5.41) is 9.55. The molecular weight excluding hydrogens is 166 g/mol. The molecule has 0 unspecified atom stereocenters. The second-order valence-electron chi connectivity index (χ2n) is 3.43. The van der Waals surface area contributed by atoms with E-state index in [0.29, 0.717) is 11.7 Å². The minimum atomic E-state index is 0.206. The van der Waals surface area contributed by atoms with Crippen molar-refractivity contribution >= 4 is 0 Å². The van der Waals surface area contributed by atoms with Crippen LogP contribution in [0.15, 0.2) is 18.2 Å². The maximum atomic E-state index is 9.55. The lowest BCUT2D eigenvalue weighted by molar-refractivity contribution is 0.410. The molecule has 70 valence electrons. The fraction of sp³-hybridized carbons (Fsp3) is 0.400. The zero-order valence-electron chi connectivity index (χ0n) is 7.53. The van der Waals surface area contributed by atoms with Crippen LogP contribution in [-0.4, -0.2) is 18.3 Å². The monoisotopic (exact) mass is 179 g/mol. The molecular formula is C10H13NO2. The molecule has 1 saturated carbocycles. The zero-order valence-corrected chi connectivity index (χ0v) is 7.53. The first kappa shape index (κ1) is 8.38. The first-order valence-electron chi connectivity index (χ1n) is 4.35. The Morgan fingerprint density at radius 2 is 2.23 bits per heavy atom. The van der Waals surface area contributed by atoms with Crippen LogP contribution in [0.1, 0.15) is 17.9 Å². The SMILES string of the molecule is COc1ccc(O)c([C@@H]2C[C@H]2N)c1. The van der Waals surface area contributed by atoms with Crippen LogP contribution in [0.3, 0.4) is 0 Å². The van der Waals surface area contributed by atoms with Gasteiger partial charge in [0.1, 0.15) is 11.5 Å². The van der Waals surface area contributed by atoms with Crippen LogP contribution in [-0.2, 0) is 0 Å². The molecule has 0 spiro atoms. The Labute approximate surface area is 77.1 Å². The molecule has 1 aliphatic rings. The van der Waals surface area contributed by atoms with Gasteiger partial charge in [-0.2, -0.15) is 0 Å². The zero-order chi connectivity index (χ0) is 9.42. The van der Waals surface area contributed by atoms with Crippen LogP contribution in [0.2, 0.25) is 0 Å². The lowest BCUT2D eigenvalue weighted by atomic mass is 10.1. The van der Waals surface area contributed by atoms with E-state index in [1.54, 1.807) is 19.2 Å². The van der Waals surface area contributed by atoms with Crippen molar-refractivity contribution in [1.82, 2.24) is 0 Å². The van der Waals surface area contributed by atoms with Gasteiger partial charge in [0.05, 0.1) is 7.11 Å². The summed E-state index contributed by atoms with van der Waals surface area (Å²) in [5.41, 5.74) is 6.62. The molecule has 3 N–H and O–H groups in total. The van der Waals surface area contributed by atoms with Gasteiger partial charge < -0.3 is 15.6 Å². The van der Waals surface area contributed by atoms with E-state index in [1.165, 1.54) is 0 Å². The summed E-state index contributed by atoms with van der Waals surface area (Å²) in [6.45, 7) is 0. The smallest absolute Gasteiger partial charge is 0.119 e. The Kier molecular flexibility index (Phi) is 1.88. The number of hydrogen-bond acceptors (Lipinski definition) is 3. The molecule has 0 radical (unpaired) electrons. The second kappa shape index (κ2) is 2.92. The standard InChI is InChI=1S/C10H13NO2/c1-13-6-2-3-10(12)8(4-6)7-5-9(7)11/h2-4,7,9,12H,5,11H2,1H3/t7-,9+/m0/s1. The number of hydrogen-bond donors (Lipinski definition) is 2. The lowest BCUT2D eigenvalue weighted by Gasteiger charge is -2.05. The maximum Gasteiger partial charge on any atom is 0.119 e. The highest BCUT2D eigenvalue weighted by atomic mass is 16.5. The van der Waals surface area contributed by atoms with E-state index in [9.17, 15) is 5.11 Å². The van der Waals surface area contributed by atoms with Crippen molar-refractivity contribution in [3.8, 4) is 11.5 Å². The van der Waals surface area contributed by atoms with Gasteiger partial charge in [-0.15, -0.1) is 0 Å². The van der Waals surface area contributed by atoms with Crippen molar-refractivity contribution in [2.45, 2.75) is 18.4 Å². The lowest BCUT2D eigenvalue weighted by Crippen LogP contribution is -2.01. The second-order valence-corrected chi connectivity index (χ2v) is 3.43. The van der Waals surface area contributed by atoms with Crippen molar-refractivity contribution in [3.63, 3.8) is 0 Å². The largest absolute Gasteiger partial charge is 0.508 e. The predicted octanol–water partition coefficient (Wildman–Crippen LogP) is 1.22. The average molecular weight is 179 g/mol. The van der Waals surface area contributed by atoms with Gasteiger partial charge in [0.15, 0.2) is 0 Å². The highest BCUT2D eigenvalue weighted by Gasteiger charge is 2.36. The van der Waals surface area contributed by atoms with Crippen LogP contribution in [0.25, 0.3) is 0 Å². The Bertz CT molecular complexity index is 325. The fourth-order valence-electron chi connectivity index (χ4n) is 1.53. The van der Waals surface area contributed by atoms with E-state index in [2.05, 4.69) is 0 Å². The van der Waals surface area contributed by atoms with Crippen molar-refractivity contribution in [3.05, 3.63) is 23.8 Å². The van der Waals surface area contributed by atoms with Crippen molar-refractivity contribution < 1.29 is 9.84 Å². The third-order valence-electron chi connectivity index (χ3n) is 2.47. The van der Waals surface area contributed by atoms with Gasteiger partial charge in [-0.1, -0.05) is 0 Å². The Morgan fingerprint density at radius 3 is 2.77 bits per heavy atom. The van der Waals surface area contributed by atoms with Gasteiger partial charge in [-0.3, -0.25) is 0 Å². The highest BCUT2D eigenvalue weighted by Crippen LogP contribution is 2.44. The molecule has 1 aliphatic carbocycles. The average Bonchev–Trinajstić information content (AvgIpc) is 2.83. The van der Waals surface area contributed by atoms with E-state index in [-0.39, 0.29) is 6.04 Å². The van der Waals surface area contributed by atoms with Crippen LogP contribution in [0, 0.1) is 0 Å². The molecule has 0 bridgehead atoms. The van der Waals surface area contributed by atoms with E-state index < -0.39 is 0 Å². The number of phenolic OH excluding ortho intramolecular Hbond substituents is 1. The first-order chi connectivity index (χ1) is 6.22. The van der Waals surface area contributed by atoms with Crippen LogP contribution in [0.4, 0.5) is 0 Å². The number of benzene rings is 1. The third kappa shape index (κ3) is 1.47. The van der Waals surface area contributed by atoms with E-state index in [1.807, 2.05) is 6.07 Å². The minimum absolute atomic E-state index is 0.206. The number of nitrogens with two attached hydrogens (primary N) is 1. The summed E-state index contributed by atoms with van der Waals surface area (Å²) < 4.78 is 5.07. The molecule has 1 aromatic carbocycles. The number of aromatic hydroxyl groups is 1. The molecule has 2 rings (SSSR count). The number of phenols is 1. The molecule has 3 heteroatoms. The van der Waals surface area contributed by atoms with Crippen LogP contribution in [0.5, 0.6) is 11.5 Å². The molecule has 0 aliphatic heterocycles. The van der Waals surface area contributed by atoms with E-state index in [0.717, 1.165) is 17.7 Å². The minimum Gasteiger partial charge on any atom is -0.508 e. The molecule has 3 nitrogen and oxygen atoms in total. The topological polar surface area (TPSA) is 55.5 Å². The summed E-state index contributed by atoms with van der Waals surface area (Å²) in [7, 11) is 1.61. The van der Waals surface area contributed by atoms with Gasteiger partial charge in [-0.05, 0) is 24.6 Å². The maximum absolute atomic E-state index is 9.55. The molecule has 0 amide bonds. The number of methoxy groups -OCH3 is 1. The summed E-state index contributed by atoms with van der Waals surface area (Å²) in [6, 6.07) is 5.46. The summed E-state index contributed by atoms with van der Waals surface area (Å²) >= 11 is 0. The van der Waals surface area contributed by atoms with Gasteiger partial charge in [0.25, 0.3) is 0 Å². The van der Waals surface area contributed by atoms with E-state index >= 15 is 0 Å². The highest BCUT2D eigenvalue weighted by molar-refractivity contribution is 5.44. The number of rotatable bonds is 2. The van der Waals surface area contributed by atoms with Gasteiger partial charge in [0.2, 0.25) is 0 Å². The molecule has 0 aromatic heterocycles. The molecule has 1 fully saturated rings. The summed E-state index contributed by atoms with van der Waals surface area (Å²) in [6.07, 6.45) is 0.959. The Morgan fingerprint density at radius 1 is 1.54 bits per heavy atom. The fourth-order valence-corrected chi connectivity index (χ4v) is 1.53. The third-order valence-corrected chi connectivity index (χ3v) is 2.47. The first-order valence-corrected chi connectivity index (χ1v) is 4.35. The molecule has 1 aromatic rings. The molecule has 13 heavy (non-hydrogen) atoms.